The van der Waals surface area contributed by atoms with Crippen molar-refractivity contribution in [3.05, 3.63) is 93.9 Å². The second kappa shape index (κ2) is 11.3. The third-order valence-corrected chi connectivity index (χ3v) is 7.65. The molecule has 1 aliphatic rings. The molecule has 1 heterocycles. The number of thioether (sulfide) groups is 1. The molecule has 1 amide bonds. The van der Waals surface area contributed by atoms with E-state index in [-0.39, 0.29) is 23.3 Å². The van der Waals surface area contributed by atoms with E-state index in [9.17, 15) is 14.4 Å². The number of ether oxygens (including phenoxy) is 2. The first kappa shape index (κ1) is 29.2. The maximum atomic E-state index is 13.6. The van der Waals surface area contributed by atoms with E-state index >= 15 is 0 Å². The van der Waals surface area contributed by atoms with Crippen molar-refractivity contribution in [1.29, 1.82) is 0 Å². The van der Waals surface area contributed by atoms with E-state index in [0.717, 1.165) is 21.6 Å². The van der Waals surface area contributed by atoms with Gasteiger partial charge in [-0.25, -0.2) is 4.79 Å². The molecule has 0 spiro atoms. The van der Waals surface area contributed by atoms with E-state index in [4.69, 9.17) is 9.47 Å². The van der Waals surface area contributed by atoms with E-state index in [1.807, 2.05) is 60.7 Å². The molecule has 1 aliphatic heterocycles. The van der Waals surface area contributed by atoms with Crippen LogP contribution in [-0.4, -0.2) is 31.5 Å². The van der Waals surface area contributed by atoms with Gasteiger partial charge in [0.1, 0.15) is 12.3 Å². The lowest BCUT2D eigenvalue weighted by Gasteiger charge is -2.31. The van der Waals surface area contributed by atoms with Crippen LogP contribution in [0.5, 0.6) is 5.75 Å². The van der Waals surface area contributed by atoms with Gasteiger partial charge in [0.25, 0.3) is 5.91 Å². The van der Waals surface area contributed by atoms with Crippen molar-refractivity contribution in [2.45, 2.75) is 57.3 Å². The van der Waals surface area contributed by atoms with E-state index < -0.39 is 11.9 Å². The first-order valence-electron chi connectivity index (χ1n) is 13.1. The summed E-state index contributed by atoms with van der Waals surface area (Å²) in [5.41, 5.74) is 2.94. The van der Waals surface area contributed by atoms with Crippen molar-refractivity contribution < 1.29 is 23.9 Å². The summed E-state index contributed by atoms with van der Waals surface area (Å²) in [6.45, 7) is 12.2. The summed E-state index contributed by atoms with van der Waals surface area (Å²) in [7, 11) is 1.31. The second-order valence-corrected chi connectivity index (χ2v) is 12.8. The number of hydrogen-bond donors (Lipinski definition) is 0. The molecule has 4 rings (SSSR count). The number of nitrogens with zero attached hydrogens (tertiary/aromatic N) is 1. The second-order valence-electron chi connectivity index (χ2n) is 11.7. The summed E-state index contributed by atoms with van der Waals surface area (Å²) in [5, 5.41) is 0. The highest BCUT2D eigenvalue weighted by atomic mass is 32.2. The standard InChI is InChI=1S/C33H35NO5S/c1-32(2,3)23-17-21(18-24(33(4,5)6)29(23)39-31(37)22-13-9-8-10-14-22)19-27-30(36)34(20-28(35)38-7)25-15-11-12-16-26(25)40-27/h8-19H,20H2,1-7H3. The number of carbonyl (C=O) groups excluding carboxylic acids is 3. The molecule has 0 N–H and O–H groups in total. The number of carbonyl (C=O) groups is 3. The van der Waals surface area contributed by atoms with Crippen molar-refractivity contribution in [2.75, 3.05) is 18.6 Å². The number of fused-ring (bicyclic) bond motifs is 1. The topological polar surface area (TPSA) is 72.9 Å². The molecule has 0 atom stereocenters. The lowest BCUT2D eigenvalue weighted by atomic mass is 9.78. The number of amides is 1. The van der Waals surface area contributed by atoms with Gasteiger partial charge < -0.3 is 9.47 Å². The smallest absolute Gasteiger partial charge is 0.343 e. The fourth-order valence-electron chi connectivity index (χ4n) is 4.45. The maximum absolute atomic E-state index is 13.6. The molecule has 3 aromatic carbocycles. The number of para-hydroxylation sites is 1. The molecule has 7 heteroatoms. The van der Waals surface area contributed by atoms with Gasteiger partial charge in [0, 0.05) is 16.0 Å². The number of rotatable bonds is 5. The Morgan fingerprint density at radius 1 is 0.875 bits per heavy atom. The number of anilines is 1. The van der Waals surface area contributed by atoms with E-state index in [1.165, 1.54) is 23.8 Å². The summed E-state index contributed by atoms with van der Waals surface area (Å²) in [4.78, 5) is 41.8. The van der Waals surface area contributed by atoms with Gasteiger partial charge in [-0.2, -0.15) is 0 Å². The van der Waals surface area contributed by atoms with Gasteiger partial charge in [-0.3, -0.25) is 14.5 Å². The quantitative estimate of drug-likeness (QED) is 0.188. The first-order chi connectivity index (χ1) is 18.8. The van der Waals surface area contributed by atoms with Crippen LogP contribution in [0.4, 0.5) is 5.69 Å². The minimum atomic E-state index is -0.496. The van der Waals surface area contributed by atoms with Crippen LogP contribution in [0.25, 0.3) is 6.08 Å². The normalized spacial score (nSPS) is 14.6. The van der Waals surface area contributed by atoms with E-state index in [0.29, 0.717) is 21.9 Å². The zero-order valence-corrected chi connectivity index (χ0v) is 24.8. The fraction of sp³-hybridized carbons (Fsp3) is 0.303. The van der Waals surface area contributed by atoms with Gasteiger partial charge in [-0.15, -0.1) is 0 Å². The number of hydrogen-bond acceptors (Lipinski definition) is 6. The highest BCUT2D eigenvalue weighted by Crippen LogP contribution is 2.44. The van der Waals surface area contributed by atoms with Crippen LogP contribution in [0.15, 0.2) is 76.5 Å². The van der Waals surface area contributed by atoms with Crippen molar-refractivity contribution >= 4 is 41.4 Å². The van der Waals surface area contributed by atoms with E-state index in [2.05, 4.69) is 41.5 Å². The summed E-state index contributed by atoms with van der Waals surface area (Å²) in [6, 6.07) is 20.4. The van der Waals surface area contributed by atoms with Crippen LogP contribution in [0.2, 0.25) is 0 Å². The van der Waals surface area contributed by atoms with Crippen LogP contribution >= 0.6 is 11.8 Å². The Morgan fingerprint density at radius 2 is 1.45 bits per heavy atom. The Hall–Kier alpha value is -3.84. The highest BCUT2D eigenvalue weighted by molar-refractivity contribution is 8.04. The molecule has 0 fully saturated rings. The van der Waals surface area contributed by atoms with Crippen LogP contribution in [0, 0.1) is 0 Å². The molecular weight excluding hydrogens is 522 g/mol. The Labute approximate surface area is 240 Å². The predicted molar refractivity (Wildman–Crippen MR) is 160 cm³/mol. The molecule has 0 saturated carbocycles. The van der Waals surface area contributed by atoms with E-state index in [1.54, 1.807) is 12.1 Å². The summed E-state index contributed by atoms with van der Waals surface area (Å²) in [6.07, 6.45) is 1.85. The lowest BCUT2D eigenvalue weighted by Crippen LogP contribution is -2.38. The molecule has 0 unspecified atom stereocenters. The van der Waals surface area contributed by atoms with Crippen molar-refractivity contribution in [2.24, 2.45) is 0 Å². The van der Waals surface area contributed by atoms with Gasteiger partial charge in [0.2, 0.25) is 0 Å². The zero-order valence-electron chi connectivity index (χ0n) is 24.0. The third kappa shape index (κ3) is 6.31. The zero-order chi connectivity index (χ0) is 29.2. The average molecular weight is 558 g/mol. The Kier molecular flexibility index (Phi) is 8.26. The van der Waals surface area contributed by atoms with Crippen molar-refractivity contribution in [3.63, 3.8) is 0 Å². The van der Waals surface area contributed by atoms with Gasteiger partial charge in [0.05, 0.1) is 23.3 Å². The van der Waals surface area contributed by atoms with Crippen LogP contribution in [0.3, 0.4) is 0 Å². The molecule has 208 valence electrons. The summed E-state index contributed by atoms with van der Waals surface area (Å²) >= 11 is 1.37. The van der Waals surface area contributed by atoms with Gasteiger partial charge in [-0.05, 0) is 58.9 Å². The van der Waals surface area contributed by atoms with Crippen molar-refractivity contribution in [3.8, 4) is 5.75 Å². The summed E-state index contributed by atoms with van der Waals surface area (Å²) in [5.74, 6) is -0.653. The molecule has 0 aromatic heterocycles. The minimum absolute atomic E-state index is 0.181. The molecule has 0 saturated heterocycles. The Morgan fingerprint density at radius 3 is 2.02 bits per heavy atom. The Bertz CT molecular complexity index is 1440. The molecule has 40 heavy (non-hydrogen) atoms. The monoisotopic (exact) mass is 557 g/mol. The first-order valence-corrected chi connectivity index (χ1v) is 13.9. The molecular formula is C33H35NO5S. The number of benzene rings is 3. The number of esters is 2. The van der Waals surface area contributed by atoms with Crippen LogP contribution in [-0.2, 0) is 25.2 Å². The lowest BCUT2D eigenvalue weighted by molar-refractivity contribution is -0.139. The van der Waals surface area contributed by atoms with Gasteiger partial charge in [-0.1, -0.05) is 83.6 Å². The molecule has 0 bridgehead atoms. The summed E-state index contributed by atoms with van der Waals surface area (Å²) < 4.78 is 11.0. The maximum Gasteiger partial charge on any atom is 0.343 e. The predicted octanol–water partition coefficient (Wildman–Crippen LogP) is 7.15. The molecule has 0 aliphatic carbocycles. The molecule has 3 aromatic rings. The van der Waals surface area contributed by atoms with Crippen LogP contribution in [0.1, 0.15) is 68.6 Å². The van der Waals surface area contributed by atoms with Crippen molar-refractivity contribution in [1.82, 2.24) is 0 Å². The molecule has 6 nitrogen and oxygen atoms in total. The largest absolute Gasteiger partial charge is 0.468 e. The number of methoxy groups -OCH3 is 1. The highest BCUT2D eigenvalue weighted by Gasteiger charge is 2.32. The SMILES string of the molecule is COC(=O)CN1C(=O)C(=Cc2cc(C(C)(C)C)c(OC(=O)c3ccccc3)c(C(C)(C)C)c2)Sc2ccccc21. The fourth-order valence-corrected chi connectivity index (χ4v) is 5.51. The third-order valence-electron chi connectivity index (χ3n) is 6.58. The minimum Gasteiger partial charge on any atom is -0.468 e. The van der Waals surface area contributed by atoms with Crippen LogP contribution < -0.4 is 9.64 Å². The average Bonchev–Trinajstić information content (AvgIpc) is 2.90. The molecule has 0 radical (unpaired) electrons. The van der Waals surface area contributed by atoms with Gasteiger partial charge in [0.15, 0.2) is 0 Å². The van der Waals surface area contributed by atoms with Gasteiger partial charge >= 0.3 is 11.9 Å². The Balaban J connectivity index is 1.85.